The second-order valence-corrected chi connectivity index (χ2v) is 8.32. The lowest BCUT2D eigenvalue weighted by atomic mass is 10.1. The summed E-state index contributed by atoms with van der Waals surface area (Å²) in [5.41, 5.74) is 3.84. The third-order valence-electron chi connectivity index (χ3n) is 5.31. The third kappa shape index (κ3) is 4.49. The number of carbonyl (C=O) groups excluding carboxylic acids is 3. The minimum Gasteiger partial charge on any atom is -0.350 e. The highest BCUT2D eigenvalue weighted by Crippen LogP contribution is 2.31. The van der Waals surface area contributed by atoms with Crippen molar-refractivity contribution in [3.05, 3.63) is 99.2 Å². The first-order valence-corrected chi connectivity index (χ1v) is 10.8. The number of nitrogens with one attached hydrogen (secondary N) is 2. The molecule has 33 heavy (non-hydrogen) atoms. The van der Waals surface area contributed by atoms with E-state index in [4.69, 9.17) is 23.2 Å². The van der Waals surface area contributed by atoms with Gasteiger partial charge in [0.05, 0.1) is 16.4 Å². The van der Waals surface area contributed by atoms with E-state index in [0.717, 1.165) is 16.0 Å². The van der Waals surface area contributed by atoms with Gasteiger partial charge in [-0.2, -0.15) is 0 Å². The fourth-order valence-corrected chi connectivity index (χ4v) is 3.71. The van der Waals surface area contributed by atoms with E-state index >= 15 is 0 Å². The average molecular weight is 480 g/mol. The molecule has 1 heterocycles. The molecule has 1 aliphatic rings. The van der Waals surface area contributed by atoms with Crippen molar-refractivity contribution in [3.8, 4) is 0 Å². The number of hydrogen-bond donors (Lipinski definition) is 2. The van der Waals surface area contributed by atoms with Gasteiger partial charge in [0.15, 0.2) is 0 Å². The summed E-state index contributed by atoms with van der Waals surface area (Å²) in [6, 6.07) is 18.7. The maximum absolute atomic E-state index is 13.0. The van der Waals surface area contributed by atoms with Crippen molar-refractivity contribution in [1.82, 2.24) is 0 Å². The van der Waals surface area contributed by atoms with Crippen molar-refractivity contribution in [2.24, 2.45) is 0 Å². The Balaban J connectivity index is 1.50. The molecule has 0 saturated heterocycles. The quantitative estimate of drug-likeness (QED) is 0.463. The SMILES string of the molecule is Cc1ccc(N2C(=O)C(Cl)=C(Nc3ccc(C(=O)Nc4ccccc4Cl)cc3)C2=O)cc1C. The zero-order chi connectivity index (χ0) is 23.7. The lowest BCUT2D eigenvalue weighted by Gasteiger charge is -2.16. The van der Waals surface area contributed by atoms with Crippen LogP contribution in [0.15, 0.2) is 77.5 Å². The molecule has 0 bridgehead atoms. The first kappa shape index (κ1) is 22.6. The van der Waals surface area contributed by atoms with Gasteiger partial charge in [-0.05, 0) is 73.5 Å². The predicted octanol–water partition coefficient (Wildman–Crippen LogP) is 5.64. The van der Waals surface area contributed by atoms with Gasteiger partial charge in [0.2, 0.25) is 0 Å². The molecule has 3 amide bonds. The lowest BCUT2D eigenvalue weighted by Crippen LogP contribution is -2.32. The topological polar surface area (TPSA) is 78.5 Å². The van der Waals surface area contributed by atoms with E-state index in [1.165, 1.54) is 0 Å². The van der Waals surface area contributed by atoms with Crippen molar-refractivity contribution < 1.29 is 14.4 Å². The Kier molecular flexibility index (Phi) is 6.22. The number of imide groups is 1. The number of halogens is 2. The number of anilines is 3. The van der Waals surface area contributed by atoms with E-state index in [9.17, 15) is 14.4 Å². The van der Waals surface area contributed by atoms with Crippen LogP contribution >= 0.6 is 23.2 Å². The minimum absolute atomic E-state index is 0.0202. The molecule has 6 nitrogen and oxygen atoms in total. The van der Waals surface area contributed by atoms with Gasteiger partial charge in [-0.3, -0.25) is 14.4 Å². The number of rotatable bonds is 5. The number of para-hydroxylation sites is 1. The van der Waals surface area contributed by atoms with E-state index in [1.54, 1.807) is 60.7 Å². The van der Waals surface area contributed by atoms with Gasteiger partial charge in [-0.15, -0.1) is 0 Å². The van der Waals surface area contributed by atoms with Gasteiger partial charge < -0.3 is 10.6 Å². The van der Waals surface area contributed by atoms with Crippen molar-refractivity contribution in [2.45, 2.75) is 13.8 Å². The largest absolute Gasteiger partial charge is 0.350 e. The molecular formula is C25H19Cl2N3O3. The Labute approximate surface area is 200 Å². The van der Waals surface area contributed by atoms with E-state index in [0.29, 0.717) is 27.6 Å². The number of carbonyl (C=O) groups is 3. The Morgan fingerprint density at radius 1 is 0.848 bits per heavy atom. The standard InChI is InChI=1S/C25H19Cl2N3O3/c1-14-7-12-18(13-15(14)2)30-24(32)21(27)22(25(30)33)28-17-10-8-16(9-11-17)23(31)29-20-6-4-3-5-19(20)26/h3-13,28H,1-2H3,(H,29,31). The summed E-state index contributed by atoms with van der Waals surface area (Å²) in [7, 11) is 0. The van der Waals surface area contributed by atoms with Crippen molar-refractivity contribution in [2.75, 3.05) is 15.5 Å². The fourth-order valence-electron chi connectivity index (χ4n) is 3.32. The van der Waals surface area contributed by atoms with Crippen LogP contribution in [0.3, 0.4) is 0 Å². The number of hydrogen-bond acceptors (Lipinski definition) is 4. The van der Waals surface area contributed by atoms with Gasteiger partial charge in [-0.25, -0.2) is 4.90 Å². The highest BCUT2D eigenvalue weighted by Gasteiger charge is 2.39. The van der Waals surface area contributed by atoms with Crippen LogP contribution in [0.1, 0.15) is 21.5 Å². The molecule has 166 valence electrons. The van der Waals surface area contributed by atoms with Crippen LogP contribution in [0.5, 0.6) is 0 Å². The molecule has 0 saturated carbocycles. The first-order valence-electron chi connectivity index (χ1n) is 10.0. The molecule has 4 rings (SSSR count). The molecule has 8 heteroatoms. The summed E-state index contributed by atoms with van der Waals surface area (Å²) in [4.78, 5) is 39.2. The molecule has 1 aliphatic heterocycles. The number of aryl methyl sites for hydroxylation is 2. The van der Waals surface area contributed by atoms with Gasteiger partial charge in [0.1, 0.15) is 10.7 Å². The van der Waals surface area contributed by atoms with Crippen molar-refractivity contribution in [3.63, 3.8) is 0 Å². The zero-order valence-corrected chi connectivity index (χ0v) is 19.3. The van der Waals surface area contributed by atoms with E-state index < -0.39 is 11.8 Å². The monoisotopic (exact) mass is 479 g/mol. The maximum atomic E-state index is 13.0. The van der Waals surface area contributed by atoms with Gasteiger partial charge in [-0.1, -0.05) is 41.4 Å². The van der Waals surface area contributed by atoms with E-state index in [-0.39, 0.29) is 16.6 Å². The van der Waals surface area contributed by atoms with Gasteiger partial charge in [0, 0.05) is 11.3 Å². The summed E-state index contributed by atoms with van der Waals surface area (Å²) in [6.45, 7) is 3.85. The molecular weight excluding hydrogens is 461 g/mol. The Bertz CT molecular complexity index is 1320. The van der Waals surface area contributed by atoms with E-state index in [1.807, 2.05) is 19.9 Å². The van der Waals surface area contributed by atoms with Gasteiger partial charge >= 0.3 is 0 Å². The normalized spacial score (nSPS) is 13.5. The summed E-state index contributed by atoms with van der Waals surface area (Å²) in [5.74, 6) is -1.48. The third-order valence-corrected chi connectivity index (χ3v) is 5.99. The predicted molar refractivity (Wildman–Crippen MR) is 131 cm³/mol. The minimum atomic E-state index is -0.594. The number of benzene rings is 3. The van der Waals surface area contributed by atoms with Crippen LogP contribution in [-0.4, -0.2) is 17.7 Å². The Morgan fingerprint density at radius 2 is 1.55 bits per heavy atom. The molecule has 3 aromatic carbocycles. The highest BCUT2D eigenvalue weighted by atomic mass is 35.5. The van der Waals surface area contributed by atoms with Crippen molar-refractivity contribution >= 4 is 58.0 Å². The Morgan fingerprint density at radius 3 is 2.21 bits per heavy atom. The zero-order valence-electron chi connectivity index (χ0n) is 17.8. The summed E-state index contributed by atoms with van der Waals surface area (Å²) in [6.07, 6.45) is 0. The van der Waals surface area contributed by atoms with Crippen LogP contribution in [-0.2, 0) is 9.59 Å². The summed E-state index contributed by atoms with van der Waals surface area (Å²) in [5, 5.41) is 5.89. The number of amides is 3. The fraction of sp³-hybridized carbons (Fsp3) is 0.0800. The maximum Gasteiger partial charge on any atom is 0.283 e. The second-order valence-electron chi connectivity index (χ2n) is 7.54. The number of nitrogens with zero attached hydrogens (tertiary/aromatic N) is 1. The Hall–Kier alpha value is -3.61. The molecule has 0 unspecified atom stereocenters. The lowest BCUT2D eigenvalue weighted by molar-refractivity contribution is -0.120. The molecule has 0 aliphatic carbocycles. The molecule has 0 fully saturated rings. The van der Waals surface area contributed by atoms with E-state index in [2.05, 4.69) is 10.6 Å². The summed E-state index contributed by atoms with van der Waals surface area (Å²) < 4.78 is 0. The van der Waals surface area contributed by atoms with Crippen LogP contribution in [0.25, 0.3) is 0 Å². The molecule has 2 N–H and O–H groups in total. The molecule has 0 radical (unpaired) electrons. The smallest absolute Gasteiger partial charge is 0.283 e. The second kappa shape index (κ2) is 9.10. The van der Waals surface area contributed by atoms with Crippen LogP contribution in [0.2, 0.25) is 5.02 Å². The van der Waals surface area contributed by atoms with Crippen LogP contribution in [0, 0.1) is 13.8 Å². The molecule has 0 atom stereocenters. The van der Waals surface area contributed by atoms with Crippen molar-refractivity contribution in [1.29, 1.82) is 0 Å². The first-order chi connectivity index (χ1) is 15.8. The average Bonchev–Trinajstić information content (AvgIpc) is 3.01. The molecule has 3 aromatic rings. The molecule has 0 spiro atoms. The highest BCUT2D eigenvalue weighted by molar-refractivity contribution is 6.53. The van der Waals surface area contributed by atoms with Crippen LogP contribution < -0.4 is 15.5 Å². The van der Waals surface area contributed by atoms with Gasteiger partial charge in [0.25, 0.3) is 17.7 Å². The molecule has 0 aromatic heterocycles. The summed E-state index contributed by atoms with van der Waals surface area (Å²) >= 11 is 12.3. The van der Waals surface area contributed by atoms with Crippen LogP contribution in [0.4, 0.5) is 17.1 Å².